The Morgan fingerprint density at radius 3 is 2.88 bits per heavy atom. The van der Waals surface area contributed by atoms with Gasteiger partial charge in [-0.1, -0.05) is 35.5 Å². The molecular formula is C12H9ClN2S2. The van der Waals surface area contributed by atoms with Gasteiger partial charge in [-0.05, 0) is 42.6 Å². The van der Waals surface area contributed by atoms with Crippen LogP contribution in [0.25, 0.3) is 0 Å². The van der Waals surface area contributed by atoms with E-state index in [1.165, 1.54) is 22.7 Å². The Bertz CT molecular complexity index is 599. The summed E-state index contributed by atoms with van der Waals surface area (Å²) in [5, 5.41) is 9.31. The molecule has 0 aliphatic carbocycles. The zero-order valence-electron chi connectivity index (χ0n) is 9.32. The van der Waals surface area contributed by atoms with Crippen molar-refractivity contribution in [3.63, 3.8) is 0 Å². The summed E-state index contributed by atoms with van der Waals surface area (Å²) in [6.07, 6.45) is 0. The first kappa shape index (κ1) is 12.4. The van der Waals surface area contributed by atoms with Crippen LogP contribution in [0.2, 0.25) is 5.15 Å². The van der Waals surface area contributed by atoms with E-state index in [1.807, 2.05) is 6.92 Å². The molecule has 17 heavy (non-hydrogen) atoms. The van der Waals surface area contributed by atoms with Crippen LogP contribution in [0.3, 0.4) is 0 Å². The fourth-order valence-corrected chi connectivity index (χ4v) is 3.62. The van der Waals surface area contributed by atoms with Crippen LogP contribution in [-0.2, 0) is 0 Å². The first-order valence-corrected chi connectivity index (χ1v) is 6.89. The SMILES string of the molecule is Cc1ccc(C)c(Sc2snc(Cl)c2C#N)c1. The predicted octanol–water partition coefficient (Wildman–Crippen LogP) is 4.44. The monoisotopic (exact) mass is 280 g/mol. The van der Waals surface area contributed by atoms with Crippen molar-refractivity contribution < 1.29 is 0 Å². The Morgan fingerprint density at radius 1 is 1.41 bits per heavy atom. The largest absolute Gasteiger partial charge is 0.192 e. The van der Waals surface area contributed by atoms with E-state index in [9.17, 15) is 0 Å². The van der Waals surface area contributed by atoms with Gasteiger partial charge in [-0.3, -0.25) is 0 Å². The minimum atomic E-state index is 0.297. The van der Waals surface area contributed by atoms with Crippen LogP contribution in [0.1, 0.15) is 16.7 Å². The molecule has 2 rings (SSSR count). The number of hydrogen-bond acceptors (Lipinski definition) is 4. The van der Waals surface area contributed by atoms with Gasteiger partial charge in [0.15, 0.2) is 5.15 Å². The molecule has 1 heterocycles. The molecular weight excluding hydrogens is 272 g/mol. The molecule has 0 spiro atoms. The van der Waals surface area contributed by atoms with Gasteiger partial charge in [0, 0.05) is 4.90 Å². The summed E-state index contributed by atoms with van der Waals surface area (Å²) in [5.74, 6) is 0. The number of aryl methyl sites for hydroxylation is 2. The highest BCUT2D eigenvalue weighted by Gasteiger charge is 2.13. The lowest BCUT2D eigenvalue weighted by Crippen LogP contribution is -1.82. The van der Waals surface area contributed by atoms with Gasteiger partial charge < -0.3 is 0 Å². The number of nitriles is 1. The van der Waals surface area contributed by atoms with Gasteiger partial charge in [-0.25, -0.2) is 0 Å². The van der Waals surface area contributed by atoms with E-state index in [2.05, 4.69) is 35.6 Å². The van der Waals surface area contributed by atoms with E-state index in [0.29, 0.717) is 10.7 Å². The van der Waals surface area contributed by atoms with Crippen molar-refractivity contribution in [2.75, 3.05) is 0 Å². The van der Waals surface area contributed by atoms with Gasteiger partial charge in [-0.15, -0.1) is 0 Å². The second-order valence-corrected chi connectivity index (χ2v) is 6.06. The average molecular weight is 281 g/mol. The van der Waals surface area contributed by atoms with Crippen LogP contribution < -0.4 is 0 Å². The molecule has 0 saturated carbocycles. The summed E-state index contributed by atoms with van der Waals surface area (Å²) in [7, 11) is 0. The summed E-state index contributed by atoms with van der Waals surface area (Å²) in [4.78, 5) is 1.14. The van der Waals surface area contributed by atoms with Crippen molar-refractivity contribution in [2.45, 2.75) is 23.0 Å². The van der Waals surface area contributed by atoms with Crippen LogP contribution in [-0.4, -0.2) is 4.37 Å². The molecule has 0 saturated heterocycles. The molecule has 0 amide bonds. The molecule has 0 aliphatic heterocycles. The van der Waals surface area contributed by atoms with Crippen molar-refractivity contribution in [3.8, 4) is 6.07 Å². The lowest BCUT2D eigenvalue weighted by molar-refractivity contribution is 1.26. The summed E-state index contributed by atoms with van der Waals surface area (Å²) >= 11 is 8.66. The molecule has 2 aromatic rings. The maximum Gasteiger partial charge on any atom is 0.161 e. The quantitative estimate of drug-likeness (QED) is 0.816. The summed E-state index contributed by atoms with van der Waals surface area (Å²) in [6.45, 7) is 4.10. The topological polar surface area (TPSA) is 36.7 Å². The minimum absolute atomic E-state index is 0.297. The number of benzene rings is 1. The van der Waals surface area contributed by atoms with Crippen molar-refractivity contribution in [2.24, 2.45) is 0 Å². The fourth-order valence-electron chi connectivity index (χ4n) is 1.34. The number of halogens is 1. The number of aromatic nitrogens is 1. The molecule has 1 aromatic heterocycles. The predicted molar refractivity (Wildman–Crippen MR) is 71.9 cm³/mol. The van der Waals surface area contributed by atoms with Crippen molar-refractivity contribution >= 4 is 34.9 Å². The van der Waals surface area contributed by atoms with E-state index in [0.717, 1.165) is 9.10 Å². The van der Waals surface area contributed by atoms with Crippen molar-refractivity contribution in [1.82, 2.24) is 4.37 Å². The average Bonchev–Trinajstić information content (AvgIpc) is 2.64. The molecule has 1 aromatic carbocycles. The van der Waals surface area contributed by atoms with E-state index < -0.39 is 0 Å². The van der Waals surface area contributed by atoms with Gasteiger partial charge in [0.2, 0.25) is 0 Å². The maximum atomic E-state index is 9.01. The Labute approximate surface area is 113 Å². The second kappa shape index (κ2) is 5.09. The van der Waals surface area contributed by atoms with Crippen molar-refractivity contribution in [1.29, 1.82) is 5.26 Å². The zero-order chi connectivity index (χ0) is 12.4. The van der Waals surface area contributed by atoms with Gasteiger partial charge in [0.25, 0.3) is 0 Å². The van der Waals surface area contributed by atoms with Crippen LogP contribution in [0.4, 0.5) is 0 Å². The molecule has 0 aliphatic rings. The van der Waals surface area contributed by atoms with E-state index in [4.69, 9.17) is 16.9 Å². The Morgan fingerprint density at radius 2 is 2.18 bits per heavy atom. The van der Waals surface area contributed by atoms with Crippen LogP contribution >= 0.6 is 34.9 Å². The third kappa shape index (κ3) is 2.63. The number of hydrogen-bond donors (Lipinski definition) is 0. The van der Waals surface area contributed by atoms with Crippen molar-refractivity contribution in [3.05, 3.63) is 40.0 Å². The van der Waals surface area contributed by atoms with Crippen LogP contribution in [0.15, 0.2) is 27.3 Å². The molecule has 86 valence electrons. The zero-order valence-corrected chi connectivity index (χ0v) is 11.7. The Balaban J connectivity index is 2.38. The molecule has 0 unspecified atom stereocenters. The number of nitrogens with zero attached hydrogens (tertiary/aromatic N) is 2. The molecule has 0 bridgehead atoms. The molecule has 5 heteroatoms. The van der Waals surface area contributed by atoms with Crippen LogP contribution in [0, 0.1) is 25.2 Å². The highest BCUT2D eigenvalue weighted by atomic mass is 35.5. The summed E-state index contributed by atoms with van der Waals surface area (Å²) in [5.41, 5.74) is 2.86. The van der Waals surface area contributed by atoms with Gasteiger partial charge >= 0.3 is 0 Å². The molecule has 2 nitrogen and oxygen atoms in total. The molecule has 0 atom stereocenters. The fraction of sp³-hybridized carbons (Fsp3) is 0.167. The first-order valence-electron chi connectivity index (χ1n) is 4.92. The summed E-state index contributed by atoms with van der Waals surface area (Å²) < 4.78 is 4.85. The highest BCUT2D eigenvalue weighted by Crippen LogP contribution is 2.38. The molecule has 0 N–H and O–H groups in total. The Hall–Kier alpha value is -1.02. The third-order valence-electron chi connectivity index (χ3n) is 2.28. The molecule has 0 radical (unpaired) electrons. The van der Waals surface area contributed by atoms with E-state index in [-0.39, 0.29) is 0 Å². The van der Waals surface area contributed by atoms with Gasteiger partial charge in [-0.2, -0.15) is 9.64 Å². The van der Waals surface area contributed by atoms with E-state index in [1.54, 1.807) is 11.8 Å². The first-order chi connectivity index (χ1) is 8.11. The molecule has 0 fully saturated rings. The third-order valence-corrected chi connectivity index (χ3v) is 4.82. The second-order valence-electron chi connectivity index (χ2n) is 3.62. The highest BCUT2D eigenvalue weighted by molar-refractivity contribution is 8.01. The lowest BCUT2D eigenvalue weighted by Gasteiger charge is -2.04. The van der Waals surface area contributed by atoms with Gasteiger partial charge in [0.05, 0.1) is 0 Å². The maximum absolute atomic E-state index is 9.01. The normalized spacial score (nSPS) is 10.2. The van der Waals surface area contributed by atoms with Crippen LogP contribution in [0.5, 0.6) is 0 Å². The van der Waals surface area contributed by atoms with E-state index >= 15 is 0 Å². The Kier molecular flexibility index (Phi) is 3.72. The standard InChI is InChI=1S/C12H9ClN2S2/c1-7-3-4-8(2)10(5-7)16-12-9(6-14)11(13)15-17-12/h3-5H,1-2H3. The lowest BCUT2D eigenvalue weighted by atomic mass is 10.2. The minimum Gasteiger partial charge on any atom is -0.192 e. The summed E-state index contributed by atoms with van der Waals surface area (Å²) in [6, 6.07) is 8.35. The smallest absolute Gasteiger partial charge is 0.161 e. The van der Waals surface area contributed by atoms with Gasteiger partial charge in [0.1, 0.15) is 15.8 Å². The number of rotatable bonds is 2.